The van der Waals surface area contributed by atoms with Gasteiger partial charge in [0.05, 0.1) is 7.11 Å². The molecule has 0 atom stereocenters. The summed E-state index contributed by atoms with van der Waals surface area (Å²) in [7, 11) is 1.31. The van der Waals surface area contributed by atoms with E-state index in [0.29, 0.717) is 5.75 Å². The summed E-state index contributed by atoms with van der Waals surface area (Å²) in [6.45, 7) is 5.14. The largest absolute Gasteiger partial charge is 0.508 e. The van der Waals surface area contributed by atoms with Gasteiger partial charge in [-0.15, -0.1) is 0 Å². The zero-order chi connectivity index (χ0) is 11.0. The molecule has 14 heavy (non-hydrogen) atoms. The Morgan fingerprint density at radius 1 is 1.43 bits per heavy atom. The normalized spacial score (nSPS) is 8.14. The number of rotatable bonds is 1. The molecule has 0 heterocycles. The van der Waals surface area contributed by atoms with Crippen LogP contribution in [0.2, 0.25) is 0 Å². The van der Waals surface area contributed by atoms with Gasteiger partial charge >= 0.3 is 5.97 Å². The van der Waals surface area contributed by atoms with Crippen LogP contribution in [-0.2, 0) is 9.53 Å². The Kier molecular flexibility index (Phi) is 5.87. The van der Waals surface area contributed by atoms with Crippen molar-refractivity contribution in [1.29, 1.82) is 0 Å². The molecule has 3 heteroatoms. The van der Waals surface area contributed by atoms with E-state index in [9.17, 15) is 4.79 Å². The Morgan fingerprint density at radius 3 is 2.14 bits per heavy atom. The molecular formula is C11H14O3. The highest BCUT2D eigenvalue weighted by molar-refractivity contribution is 5.80. The van der Waals surface area contributed by atoms with Gasteiger partial charge in [0.1, 0.15) is 5.75 Å². The topological polar surface area (TPSA) is 46.5 Å². The molecular weight excluding hydrogens is 180 g/mol. The van der Waals surface area contributed by atoms with Crippen LogP contribution in [-0.4, -0.2) is 18.2 Å². The Balaban J connectivity index is 0.000000255. The summed E-state index contributed by atoms with van der Waals surface area (Å²) in [5.41, 5.74) is 1.17. The number of benzene rings is 1. The van der Waals surface area contributed by atoms with E-state index in [0.717, 1.165) is 6.08 Å². The minimum absolute atomic E-state index is 0.329. The van der Waals surface area contributed by atoms with E-state index < -0.39 is 5.97 Å². The number of phenols is 1. The van der Waals surface area contributed by atoms with Crippen LogP contribution >= 0.6 is 0 Å². The minimum Gasteiger partial charge on any atom is -0.508 e. The molecule has 0 aliphatic rings. The van der Waals surface area contributed by atoms with Crippen LogP contribution in [0.3, 0.4) is 0 Å². The molecule has 0 fully saturated rings. The Hall–Kier alpha value is -1.77. The molecule has 0 radical (unpaired) electrons. The van der Waals surface area contributed by atoms with Crippen molar-refractivity contribution < 1.29 is 14.6 Å². The molecule has 0 bridgehead atoms. The van der Waals surface area contributed by atoms with E-state index in [1.54, 1.807) is 12.1 Å². The third kappa shape index (κ3) is 5.83. The van der Waals surface area contributed by atoms with E-state index in [1.807, 2.05) is 19.1 Å². The number of methoxy groups -OCH3 is 1. The van der Waals surface area contributed by atoms with Crippen LogP contribution in [0.1, 0.15) is 5.56 Å². The Bertz CT molecular complexity index is 267. The molecule has 0 unspecified atom stereocenters. The molecule has 0 aliphatic carbocycles. The third-order valence-electron chi connectivity index (χ3n) is 1.40. The maximum atomic E-state index is 9.84. The summed E-state index contributed by atoms with van der Waals surface area (Å²) in [6.07, 6.45) is 1.11. The van der Waals surface area contributed by atoms with Gasteiger partial charge in [0.15, 0.2) is 0 Å². The second-order valence-electron chi connectivity index (χ2n) is 2.56. The molecule has 0 spiro atoms. The summed E-state index contributed by atoms with van der Waals surface area (Å²) in [6, 6.07) is 7.09. The SMILES string of the molecule is C=CC(=O)OC.Cc1ccc(O)cc1. The summed E-state index contributed by atoms with van der Waals surface area (Å²) in [4.78, 5) is 9.84. The molecule has 0 aromatic heterocycles. The average molecular weight is 194 g/mol. The first-order valence-corrected chi connectivity index (χ1v) is 4.06. The van der Waals surface area contributed by atoms with Crippen molar-refractivity contribution in [2.45, 2.75) is 6.92 Å². The molecule has 1 rings (SSSR count). The van der Waals surface area contributed by atoms with Crippen LogP contribution in [0.4, 0.5) is 0 Å². The van der Waals surface area contributed by atoms with Gasteiger partial charge in [0.25, 0.3) is 0 Å². The minimum atomic E-state index is -0.394. The molecule has 1 aromatic rings. The van der Waals surface area contributed by atoms with Crippen molar-refractivity contribution in [3.05, 3.63) is 42.5 Å². The lowest BCUT2D eigenvalue weighted by Crippen LogP contribution is -1.91. The van der Waals surface area contributed by atoms with E-state index >= 15 is 0 Å². The highest BCUT2D eigenvalue weighted by Gasteiger charge is 1.82. The fourth-order valence-corrected chi connectivity index (χ4v) is 0.628. The smallest absolute Gasteiger partial charge is 0.329 e. The van der Waals surface area contributed by atoms with Crippen LogP contribution in [0, 0.1) is 6.92 Å². The second kappa shape index (κ2) is 6.71. The number of carbonyl (C=O) groups excluding carboxylic acids is 1. The molecule has 3 nitrogen and oxygen atoms in total. The lowest BCUT2D eigenvalue weighted by molar-refractivity contribution is -0.134. The number of ether oxygens (including phenoxy) is 1. The van der Waals surface area contributed by atoms with Crippen molar-refractivity contribution >= 4 is 5.97 Å². The lowest BCUT2D eigenvalue weighted by Gasteiger charge is -1.89. The summed E-state index contributed by atoms with van der Waals surface area (Å²) >= 11 is 0. The van der Waals surface area contributed by atoms with Crippen LogP contribution in [0.25, 0.3) is 0 Å². The maximum absolute atomic E-state index is 9.84. The Labute approximate surface area is 83.6 Å². The van der Waals surface area contributed by atoms with E-state index in [2.05, 4.69) is 11.3 Å². The standard InChI is InChI=1S/C7H8O.C4H6O2/c1-6-2-4-7(8)5-3-6;1-3-4(5)6-2/h2-5,8H,1H3;3H,1H2,2H3. The molecule has 76 valence electrons. The van der Waals surface area contributed by atoms with Gasteiger partial charge in [-0.2, -0.15) is 0 Å². The zero-order valence-corrected chi connectivity index (χ0v) is 8.36. The fourth-order valence-electron chi connectivity index (χ4n) is 0.628. The average Bonchev–Trinajstić information content (AvgIpc) is 2.22. The molecule has 0 saturated heterocycles. The fraction of sp³-hybridized carbons (Fsp3) is 0.182. The van der Waals surface area contributed by atoms with Gasteiger partial charge in [-0.25, -0.2) is 4.79 Å². The number of esters is 1. The highest BCUT2D eigenvalue weighted by Crippen LogP contribution is 2.07. The quantitative estimate of drug-likeness (QED) is 0.549. The molecule has 1 N–H and O–H groups in total. The van der Waals surface area contributed by atoms with E-state index in [-0.39, 0.29) is 0 Å². The van der Waals surface area contributed by atoms with Crippen molar-refractivity contribution in [3.63, 3.8) is 0 Å². The number of hydrogen-bond donors (Lipinski definition) is 1. The highest BCUT2D eigenvalue weighted by atomic mass is 16.5. The van der Waals surface area contributed by atoms with Crippen LogP contribution in [0.5, 0.6) is 5.75 Å². The van der Waals surface area contributed by atoms with Crippen LogP contribution in [0.15, 0.2) is 36.9 Å². The molecule has 1 aromatic carbocycles. The van der Waals surface area contributed by atoms with Crippen LogP contribution < -0.4 is 0 Å². The zero-order valence-electron chi connectivity index (χ0n) is 8.36. The van der Waals surface area contributed by atoms with Gasteiger partial charge in [-0.1, -0.05) is 24.3 Å². The van der Waals surface area contributed by atoms with Gasteiger partial charge in [0, 0.05) is 6.08 Å². The first kappa shape index (κ1) is 12.2. The third-order valence-corrected chi connectivity index (χ3v) is 1.40. The second-order valence-corrected chi connectivity index (χ2v) is 2.56. The van der Waals surface area contributed by atoms with E-state index in [4.69, 9.17) is 5.11 Å². The van der Waals surface area contributed by atoms with E-state index in [1.165, 1.54) is 12.7 Å². The number of aromatic hydroxyl groups is 1. The Morgan fingerprint density at radius 2 is 1.93 bits per heavy atom. The predicted molar refractivity (Wildman–Crippen MR) is 55.1 cm³/mol. The molecule has 0 amide bonds. The lowest BCUT2D eigenvalue weighted by atomic mass is 10.2. The summed E-state index contributed by atoms with van der Waals surface area (Å²) < 4.78 is 4.14. The molecule has 0 saturated carbocycles. The summed E-state index contributed by atoms with van der Waals surface area (Å²) in [5, 5.41) is 8.76. The summed E-state index contributed by atoms with van der Waals surface area (Å²) in [5.74, 6) is -0.0643. The monoisotopic (exact) mass is 194 g/mol. The predicted octanol–water partition coefficient (Wildman–Crippen LogP) is 2.05. The molecule has 0 aliphatic heterocycles. The first-order chi connectivity index (χ1) is 6.60. The first-order valence-electron chi connectivity index (χ1n) is 4.06. The number of aryl methyl sites for hydroxylation is 1. The van der Waals surface area contributed by atoms with Gasteiger partial charge in [0.2, 0.25) is 0 Å². The van der Waals surface area contributed by atoms with Crippen molar-refractivity contribution in [3.8, 4) is 5.75 Å². The maximum Gasteiger partial charge on any atom is 0.329 e. The number of phenolic OH excluding ortho intramolecular Hbond substituents is 1. The number of hydrogen-bond acceptors (Lipinski definition) is 3. The van der Waals surface area contributed by atoms with Gasteiger partial charge < -0.3 is 9.84 Å². The number of carbonyl (C=O) groups is 1. The van der Waals surface area contributed by atoms with Crippen molar-refractivity contribution in [2.24, 2.45) is 0 Å². The van der Waals surface area contributed by atoms with Crippen molar-refractivity contribution in [1.82, 2.24) is 0 Å². The van der Waals surface area contributed by atoms with Gasteiger partial charge in [-0.05, 0) is 19.1 Å². The van der Waals surface area contributed by atoms with Crippen molar-refractivity contribution in [2.75, 3.05) is 7.11 Å². The van der Waals surface area contributed by atoms with Gasteiger partial charge in [-0.3, -0.25) is 0 Å².